The second kappa shape index (κ2) is 4.34. The van der Waals surface area contributed by atoms with Crippen LogP contribution in [0.4, 0.5) is 0 Å². The molecule has 1 aromatic heterocycles. The first-order valence-electron chi connectivity index (χ1n) is 8.56. The van der Waals surface area contributed by atoms with Crippen molar-refractivity contribution in [3.05, 3.63) is 21.9 Å². The Kier molecular flexibility index (Phi) is 2.62. The van der Waals surface area contributed by atoms with Gasteiger partial charge < -0.3 is 4.90 Å². The van der Waals surface area contributed by atoms with E-state index in [4.69, 9.17) is 0 Å². The van der Waals surface area contributed by atoms with Crippen LogP contribution in [-0.4, -0.2) is 17.4 Å². The SMILES string of the molecule is O=C(N1CCc2sccc2C1)C12CC3CC(CC(C3)C1)C2. The van der Waals surface area contributed by atoms with E-state index in [1.807, 2.05) is 11.3 Å². The van der Waals surface area contributed by atoms with E-state index >= 15 is 0 Å². The number of hydrogen-bond donors (Lipinski definition) is 0. The Labute approximate surface area is 130 Å². The maximum atomic E-state index is 13.3. The lowest BCUT2D eigenvalue weighted by Crippen LogP contribution is -2.55. The molecule has 4 fully saturated rings. The molecule has 112 valence electrons. The van der Waals surface area contributed by atoms with Gasteiger partial charge in [-0.05, 0) is 79.7 Å². The van der Waals surface area contributed by atoms with E-state index in [0.29, 0.717) is 5.91 Å². The topological polar surface area (TPSA) is 20.3 Å². The zero-order valence-electron chi connectivity index (χ0n) is 12.5. The van der Waals surface area contributed by atoms with E-state index in [0.717, 1.165) is 37.3 Å². The number of nitrogens with zero attached hydrogens (tertiary/aromatic N) is 1. The van der Waals surface area contributed by atoms with Crippen molar-refractivity contribution in [3.63, 3.8) is 0 Å². The first-order valence-corrected chi connectivity index (χ1v) is 9.44. The number of carbonyl (C=O) groups excluding carboxylic acids is 1. The molecule has 0 radical (unpaired) electrons. The molecule has 1 amide bonds. The number of fused-ring (bicyclic) bond motifs is 1. The average molecular weight is 301 g/mol. The lowest BCUT2D eigenvalue weighted by Gasteiger charge is -2.56. The van der Waals surface area contributed by atoms with Gasteiger partial charge >= 0.3 is 0 Å². The van der Waals surface area contributed by atoms with Crippen LogP contribution in [-0.2, 0) is 17.8 Å². The van der Waals surface area contributed by atoms with E-state index in [9.17, 15) is 4.79 Å². The summed E-state index contributed by atoms with van der Waals surface area (Å²) in [6, 6.07) is 2.22. The number of amides is 1. The average Bonchev–Trinajstić information content (AvgIpc) is 2.92. The van der Waals surface area contributed by atoms with E-state index < -0.39 is 0 Å². The van der Waals surface area contributed by atoms with Crippen molar-refractivity contribution in [2.45, 2.75) is 51.5 Å². The van der Waals surface area contributed by atoms with E-state index in [1.54, 1.807) is 0 Å². The van der Waals surface area contributed by atoms with Gasteiger partial charge in [-0.3, -0.25) is 4.79 Å². The molecule has 1 aromatic rings. The molecule has 3 heteroatoms. The Bertz CT molecular complexity index is 555. The highest BCUT2D eigenvalue weighted by molar-refractivity contribution is 7.10. The molecule has 0 atom stereocenters. The number of rotatable bonds is 1. The van der Waals surface area contributed by atoms with Crippen molar-refractivity contribution < 1.29 is 4.79 Å². The smallest absolute Gasteiger partial charge is 0.229 e. The predicted molar refractivity (Wildman–Crippen MR) is 84.0 cm³/mol. The number of hydrogen-bond acceptors (Lipinski definition) is 2. The summed E-state index contributed by atoms with van der Waals surface area (Å²) in [6.07, 6.45) is 8.93. The highest BCUT2D eigenvalue weighted by Crippen LogP contribution is 2.60. The molecule has 0 N–H and O–H groups in total. The maximum absolute atomic E-state index is 13.3. The molecule has 21 heavy (non-hydrogen) atoms. The van der Waals surface area contributed by atoms with Crippen molar-refractivity contribution in [2.75, 3.05) is 6.54 Å². The third kappa shape index (κ3) is 1.86. The van der Waals surface area contributed by atoms with Gasteiger partial charge in [-0.15, -0.1) is 11.3 Å². The van der Waals surface area contributed by atoms with Crippen LogP contribution in [0.5, 0.6) is 0 Å². The Morgan fingerprint density at radius 1 is 1.14 bits per heavy atom. The van der Waals surface area contributed by atoms with Crippen LogP contribution in [0.1, 0.15) is 49.0 Å². The molecule has 4 bridgehead atoms. The van der Waals surface area contributed by atoms with Gasteiger partial charge in [0.25, 0.3) is 0 Å². The largest absolute Gasteiger partial charge is 0.337 e. The van der Waals surface area contributed by atoms with Crippen molar-refractivity contribution in [1.29, 1.82) is 0 Å². The zero-order valence-corrected chi connectivity index (χ0v) is 13.3. The van der Waals surface area contributed by atoms with Gasteiger partial charge in [-0.1, -0.05) is 0 Å². The first-order chi connectivity index (χ1) is 10.2. The van der Waals surface area contributed by atoms with Gasteiger partial charge in [-0.25, -0.2) is 0 Å². The second-order valence-electron chi connectivity index (χ2n) is 8.04. The molecule has 5 aliphatic rings. The van der Waals surface area contributed by atoms with Crippen LogP contribution in [0.3, 0.4) is 0 Å². The molecule has 0 unspecified atom stereocenters. The van der Waals surface area contributed by atoms with E-state index in [1.165, 1.54) is 49.0 Å². The quantitative estimate of drug-likeness (QED) is 0.771. The van der Waals surface area contributed by atoms with Crippen LogP contribution in [0.15, 0.2) is 11.4 Å². The van der Waals surface area contributed by atoms with Crippen molar-refractivity contribution in [3.8, 4) is 0 Å². The number of carbonyl (C=O) groups is 1. The Morgan fingerprint density at radius 3 is 2.48 bits per heavy atom. The van der Waals surface area contributed by atoms with E-state index in [-0.39, 0.29) is 5.41 Å². The summed E-state index contributed by atoms with van der Waals surface area (Å²) < 4.78 is 0. The summed E-state index contributed by atoms with van der Waals surface area (Å²) in [4.78, 5) is 17.0. The molecular formula is C18H23NOS. The molecule has 0 spiro atoms. The molecule has 1 aliphatic heterocycles. The Morgan fingerprint density at radius 2 is 1.81 bits per heavy atom. The molecule has 0 saturated heterocycles. The summed E-state index contributed by atoms with van der Waals surface area (Å²) >= 11 is 1.86. The molecule has 2 nitrogen and oxygen atoms in total. The minimum atomic E-state index is 0.0439. The zero-order chi connectivity index (χ0) is 14.0. The Hall–Kier alpha value is -0.830. The fourth-order valence-electron chi connectivity index (χ4n) is 6.13. The van der Waals surface area contributed by atoms with Crippen LogP contribution >= 0.6 is 11.3 Å². The highest BCUT2D eigenvalue weighted by Gasteiger charge is 2.55. The number of thiophene rings is 1. The molecule has 4 aliphatic carbocycles. The highest BCUT2D eigenvalue weighted by atomic mass is 32.1. The van der Waals surface area contributed by atoms with Gasteiger partial charge in [0.05, 0.1) is 5.41 Å². The second-order valence-corrected chi connectivity index (χ2v) is 9.04. The van der Waals surface area contributed by atoms with Gasteiger partial charge in [0.2, 0.25) is 5.91 Å². The third-order valence-corrected chi connectivity index (χ3v) is 7.61. The fourth-order valence-corrected chi connectivity index (χ4v) is 7.02. The predicted octanol–water partition coefficient (Wildman–Crippen LogP) is 3.85. The standard InChI is InChI=1S/C18H23NOS/c20-17(19-3-1-16-15(11-19)2-4-21-16)18-8-12-5-13(9-18)7-14(6-12)10-18/h2,4,12-14H,1,3,5-11H2. The fraction of sp³-hybridized carbons (Fsp3) is 0.722. The van der Waals surface area contributed by atoms with E-state index in [2.05, 4.69) is 16.3 Å². The first kappa shape index (κ1) is 12.7. The Balaban J connectivity index is 1.42. The summed E-state index contributed by atoms with van der Waals surface area (Å²) in [5.41, 5.74) is 1.45. The van der Waals surface area contributed by atoms with Crippen LogP contribution < -0.4 is 0 Å². The summed E-state index contributed by atoms with van der Waals surface area (Å²) in [7, 11) is 0. The van der Waals surface area contributed by atoms with Crippen molar-refractivity contribution >= 4 is 17.2 Å². The lowest BCUT2D eigenvalue weighted by atomic mass is 9.49. The summed E-state index contributed by atoms with van der Waals surface area (Å²) in [6.45, 7) is 1.83. The van der Waals surface area contributed by atoms with Crippen LogP contribution in [0.2, 0.25) is 0 Å². The van der Waals surface area contributed by atoms with Gasteiger partial charge in [0.15, 0.2) is 0 Å². The minimum absolute atomic E-state index is 0.0439. The molecule has 6 rings (SSSR count). The molecular weight excluding hydrogens is 278 g/mol. The van der Waals surface area contributed by atoms with Crippen molar-refractivity contribution in [1.82, 2.24) is 4.90 Å². The van der Waals surface area contributed by atoms with Gasteiger partial charge in [0, 0.05) is 18.0 Å². The monoisotopic (exact) mass is 301 g/mol. The molecule has 0 aromatic carbocycles. The normalized spacial score (nSPS) is 40.4. The van der Waals surface area contributed by atoms with Crippen LogP contribution in [0.25, 0.3) is 0 Å². The third-order valence-electron chi connectivity index (χ3n) is 6.59. The molecule has 2 heterocycles. The van der Waals surface area contributed by atoms with Gasteiger partial charge in [-0.2, -0.15) is 0 Å². The van der Waals surface area contributed by atoms with Gasteiger partial charge in [0.1, 0.15) is 0 Å². The van der Waals surface area contributed by atoms with Crippen molar-refractivity contribution in [2.24, 2.45) is 23.2 Å². The lowest BCUT2D eigenvalue weighted by molar-refractivity contribution is -0.158. The van der Waals surface area contributed by atoms with Crippen LogP contribution in [0, 0.1) is 23.2 Å². The summed E-state index contributed by atoms with van der Waals surface area (Å²) in [5, 5.41) is 2.18. The maximum Gasteiger partial charge on any atom is 0.229 e. The molecule has 4 saturated carbocycles. The minimum Gasteiger partial charge on any atom is -0.337 e. The summed E-state index contributed by atoms with van der Waals surface area (Å²) in [5.74, 6) is 3.10.